The minimum atomic E-state index is -0.336. The zero-order valence-corrected chi connectivity index (χ0v) is 15.5. The Morgan fingerprint density at radius 1 is 1.08 bits per heavy atom. The number of phenols is 1. The molecule has 2 aromatic rings. The lowest BCUT2D eigenvalue weighted by atomic mass is 10.2. The van der Waals surface area contributed by atoms with Crippen LogP contribution in [0.5, 0.6) is 23.0 Å². The third-order valence-corrected chi connectivity index (χ3v) is 3.19. The molecule has 134 valence electrons. The summed E-state index contributed by atoms with van der Waals surface area (Å²) in [5.41, 5.74) is 0.382. The highest BCUT2D eigenvalue weighted by atomic mass is 35.5. The maximum Gasteiger partial charge on any atom is 0.146 e. The zero-order chi connectivity index (χ0) is 18.4. The summed E-state index contributed by atoms with van der Waals surface area (Å²) in [5.74, 6) is 1.86. The number of oxime groups is 1. The smallest absolute Gasteiger partial charge is 0.146 e. The van der Waals surface area contributed by atoms with E-state index >= 15 is 0 Å². The molecular formula is C19H22ClNO4. The highest BCUT2D eigenvalue weighted by Gasteiger charge is 2.11. The van der Waals surface area contributed by atoms with Crippen molar-refractivity contribution in [1.29, 1.82) is 0 Å². The molecule has 0 spiro atoms. The Morgan fingerprint density at radius 2 is 1.72 bits per heavy atom. The van der Waals surface area contributed by atoms with Gasteiger partial charge in [0.25, 0.3) is 0 Å². The molecule has 0 fully saturated rings. The van der Waals surface area contributed by atoms with Crippen molar-refractivity contribution in [2.24, 2.45) is 5.16 Å². The normalized spacial score (nSPS) is 12.0. The third-order valence-electron chi connectivity index (χ3n) is 2.89. The van der Waals surface area contributed by atoms with Gasteiger partial charge in [0.05, 0.1) is 10.7 Å². The number of aromatic hydroxyl groups is 1. The predicted octanol–water partition coefficient (Wildman–Crippen LogP) is 5.41. The molecule has 0 amide bonds. The third kappa shape index (κ3) is 6.55. The number of hydrogen-bond acceptors (Lipinski definition) is 5. The van der Waals surface area contributed by atoms with Gasteiger partial charge in [-0.25, -0.2) is 0 Å². The molecule has 25 heavy (non-hydrogen) atoms. The van der Waals surface area contributed by atoms with Crippen LogP contribution in [-0.2, 0) is 4.84 Å². The van der Waals surface area contributed by atoms with Crippen LogP contribution in [0.1, 0.15) is 27.7 Å². The van der Waals surface area contributed by atoms with Gasteiger partial charge in [0.15, 0.2) is 0 Å². The first-order chi connectivity index (χ1) is 11.7. The van der Waals surface area contributed by atoms with Gasteiger partial charge >= 0.3 is 0 Å². The second-order valence-corrected chi connectivity index (χ2v) is 6.91. The Kier molecular flexibility index (Phi) is 6.15. The number of rotatable bonds is 6. The van der Waals surface area contributed by atoms with E-state index in [9.17, 15) is 5.11 Å². The van der Waals surface area contributed by atoms with Crippen molar-refractivity contribution in [1.82, 2.24) is 0 Å². The second kappa shape index (κ2) is 8.12. The summed E-state index contributed by atoms with van der Waals surface area (Å²) in [5, 5.41) is 13.7. The molecular weight excluding hydrogens is 342 g/mol. The monoisotopic (exact) mass is 363 g/mol. The zero-order valence-electron chi connectivity index (χ0n) is 14.7. The Labute approximate surface area is 152 Å². The van der Waals surface area contributed by atoms with Crippen LogP contribution >= 0.6 is 11.6 Å². The molecule has 0 atom stereocenters. The van der Waals surface area contributed by atoms with Crippen LogP contribution in [0.2, 0.25) is 5.02 Å². The molecule has 0 aliphatic rings. The van der Waals surface area contributed by atoms with Crippen LogP contribution in [0.4, 0.5) is 0 Å². The van der Waals surface area contributed by atoms with E-state index in [0.29, 0.717) is 28.9 Å². The van der Waals surface area contributed by atoms with Gasteiger partial charge in [-0.1, -0.05) is 16.8 Å². The molecule has 0 saturated heterocycles. The number of benzene rings is 2. The van der Waals surface area contributed by atoms with Gasteiger partial charge in [0, 0.05) is 6.07 Å². The quantitative estimate of drug-likeness (QED) is 0.550. The van der Waals surface area contributed by atoms with Crippen molar-refractivity contribution in [3.8, 4) is 23.0 Å². The van der Waals surface area contributed by atoms with Gasteiger partial charge in [0.2, 0.25) is 0 Å². The van der Waals surface area contributed by atoms with Crippen LogP contribution in [-0.4, -0.2) is 23.0 Å². The Bertz CT molecular complexity index is 736. The van der Waals surface area contributed by atoms with Crippen molar-refractivity contribution in [2.45, 2.75) is 33.3 Å². The largest absolute Gasteiger partial charge is 0.508 e. The summed E-state index contributed by atoms with van der Waals surface area (Å²) in [6, 6.07) is 11.6. The fourth-order valence-electron chi connectivity index (χ4n) is 1.72. The average molecular weight is 364 g/mol. The van der Waals surface area contributed by atoms with E-state index in [1.807, 2.05) is 27.7 Å². The van der Waals surface area contributed by atoms with E-state index in [0.717, 1.165) is 5.71 Å². The lowest BCUT2D eigenvalue weighted by molar-refractivity contribution is 0.0000983. The van der Waals surface area contributed by atoms with E-state index in [2.05, 4.69) is 5.16 Å². The van der Waals surface area contributed by atoms with Crippen molar-refractivity contribution in [3.05, 3.63) is 47.5 Å². The molecule has 1 N–H and O–H groups in total. The van der Waals surface area contributed by atoms with Crippen LogP contribution < -0.4 is 9.47 Å². The van der Waals surface area contributed by atoms with Crippen molar-refractivity contribution in [2.75, 3.05) is 6.61 Å². The van der Waals surface area contributed by atoms with Gasteiger partial charge in [-0.05, 0) is 64.1 Å². The maximum atomic E-state index is 9.28. The van der Waals surface area contributed by atoms with Gasteiger partial charge in [-0.15, -0.1) is 0 Å². The summed E-state index contributed by atoms with van der Waals surface area (Å²) >= 11 is 6.24. The summed E-state index contributed by atoms with van der Waals surface area (Å²) in [7, 11) is 0. The van der Waals surface area contributed by atoms with E-state index in [1.54, 1.807) is 42.5 Å². The molecule has 0 aliphatic heterocycles. The van der Waals surface area contributed by atoms with E-state index in [4.69, 9.17) is 25.9 Å². The van der Waals surface area contributed by atoms with Gasteiger partial charge < -0.3 is 19.4 Å². The van der Waals surface area contributed by atoms with E-state index in [1.165, 1.54) is 0 Å². The molecule has 2 rings (SSSR count). The van der Waals surface area contributed by atoms with Gasteiger partial charge in [-0.3, -0.25) is 0 Å². The molecule has 0 saturated carbocycles. The fraction of sp³-hybridized carbons (Fsp3) is 0.316. The maximum absolute atomic E-state index is 9.28. The molecule has 0 heterocycles. The molecule has 2 aromatic carbocycles. The molecule has 0 radical (unpaired) electrons. The van der Waals surface area contributed by atoms with E-state index < -0.39 is 0 Å². The average Bonchev–Trinajstić information content (AvgIpc) is 2.54. The molecule has 6 heteroatoms. The molecule has 0 bridgehead atoms. The SMILES string of the molecule is CC(COc1ccc(Oc2ccc(O)cc2)c(Cl)c1)=NOC(C)(C)C. The molecule has 5 nitrogen and oxygen atoms in total. The minimum Gasteiger partial charge on any atom is -0.508 e. The van der Waals surface area contributed by atoms with Crippen molar-refractivity contribution >= 4 is 17.3 Å². The lowest BCUT2D eigenvalue weighted by Gasteiger charge is -2.16. The Hall–Kier alpha value is -2.40. The summed E-state index contributed by atoms with van der Waals surface area (Å²) in [6.45, 7) is 7.91. The van der Waals surface area contributed by atoms with Crippen molar-refractivity contribution in [3.63, 3.8) is 0 Å². The highest BCUT2D eigenvalue weighted by Crippen LogP contribution is 2.33. The molecule has 0 unspecified atom stereocenters. The summed E-state index contributed by atoms with van der Waals surface area (Å²) in [6.07, 6.45) is 0. The molecule has 0 aliphatic carbocycles. The number of ether oxygens (including phenoxy) is 2. The topological polar surface area (TPSA) is 60.3 Å². The van der Waals surface area contributed by atoms with Gasteiger partial charge in [0.1, 0.15) is 35.2 Å². The second-order valence-electron chi connectivity index (χ2n) is 6.51. The Balaban J connectivity index is 1.96. The van der Waals surface area contributed by atoms with Crippen LogP contribution in [0, 0.1) is 0 Å². The lowest BCUT2D eigenvalue weighted by Crippen LogP contribution is -2.18. The van der Waals surface area contributed by atoms with Crippen LogP contribution in [0.3, 0.4) is 0 Å². The number of hydrogen-bond donors (Lipinski definition) is 1. The summed E-state index contributed by atoms with van der Waals surface area (Å²) in [4.78, 5) is 5.34. The first-order valence-electron chi connectivity index (χ1n) is 7.84. The first kappa shape index (κ1) is 18.9. The highest BCUT2D eigenvalue weighted by molar-refractivity contribution is 6.32. The first-order valence-corrected chi connectivity index (χ1v) is 8.21. The van der Waals surface area contributed by atoms with Crippen molar-refractivity contribution < 1.29 is 19.4 Å². The van der Waals surface area contributed by atoms with Gasteiger partial charge in [-0.2, -0.15) is 0 Å². The number of phenolic OH excluding ortho intramolecular Hbond substituents is 1. The summed E-state index contributed by atoms with van der Waals surface area (Å²) < 4.78 is 11.3. The Morgan fingerprint density at radius 3 is 2.32 bits per heavy atom. The fourth-order valence-corrected chi connectivity index (χ4v) is 1.93. The minimum absolute atomic E-state index is 0.176. The predicted molar refractivity (Wildman–Crippen MR) is 99.1 cm³/mol. The molecule has 0 aromatic heterocycles. The number of halogens is 1. The van der Waals surface area contributed by atoms with Crippen LogP contribution in [0.25, 0.3) is 0 Å². The van der Waals surface area contributed by atoms with E-state index in [-0.39, 0.29) is 11.4 Å². The van der Waals surface area contributed by atoms with Crippen LogP contribution in [0.15, 0.2) is 47.6 Å². The number of nitrogens with zero attached hydrogens (tertiary/aromatic N) is 1. The standard InChI is InChI=1S/C19H22ClNO4/c1-13(21-25-19(2,3)4)12-23-16-9-10-18(17(20)11-16)24-15-7-5-14(22)6-8-15/h5-11,22H,12H2,1-4H3.